The van der Waals surface area contributed by atoms with Crippen LogP contribution < -0.4 is 10.1 Å². The van der Waals surface area contributed by atoms with E-state index >= 15 is 0 Å². The lowest BCUT2D eigenvalue weighted by Gasteiger charge is -2.36. The molecular formula is C27H39N3O. The Morgan fingerprint density at radius 2 is 1.90 bits per heavy atom. The number of aromatic nitrogens is 2. The lowest BCUT2D eigenvalue weighted by molar-refractivity contribution is 0.185. The number of benzene rings is 1. The van der Waals surface area contributed by atoms with Crippen LogP contribution in [0.3, 0.4) is 0 Å². The van der Waals surface area contributed by atoms with Gasteiger partial charge in [-0.25, -0.2) is 4.98 Å². The highest BCUT2D eigenvalue weighted by atomic mass is 16.5. The largest absolute Gasteiger partial charge is 0.457 e. The SMILES string of the molecule is C=C/C1=C\C(=C)CC(C)(C)CC(C)(C)CNC(c2cnc[nH]2)c2cccc(c2)O1.CC. The second-order valence-corrected chi connectivity index (χ2v) is 9.59. The number of aromatic amines is 1. The minimum Gasteiger partial charge on any atom is -0.457 e. The molecule has 0 saturated carbocycles. The molecule has 0 radical (unpaired) electrons. The van der Waals surface area contributed by atoms with Crippen molar-refractivity contribution in [2.24, 2.45) is 10.8 Å². The van der Waals surface area contributed by atoms with Crippen LogP contribution in [0.25, 0.3) is 0 Å². The van der Waals surface area contributed by atoms with Gasteiger partial charge in [0.05, 0.1) is 18.1 Å². The molecule has 1 aliphatic heterocycles. The lowest BCUT2D eigenvalue weighted by atomic mass is 9.72. The first-order chi connectivity index (χ1) is 14.7. The highest BCUT2D eigenvalue weighted by Crippen LogP contribution is 2.39. The van der Waals surface area contributed by atoms with Gasteiger partial charge in [0.25, 0.3) is 0 Å². The summed E-state index contributed by atoms with van der Waals surface area (Å²) >= 11 is 0. The summed E-state index contributed by atoms with van der Waals surface area (Å²) in [5, 5.41) is 3.77. The molecule has 2 aromatic rings. The summed E-state index contributed by atoms with van der Waals surface area (Å²) in [6.45, 7) is 22.3. The van der Waals surface area contributed by atoms with Crippen molar-refractivity contribution < 1.29 is 4.74 Å². The molecule has 0 fully saturated rings. The van der Waals surface area contributed by atoms with Crippen LogP contribution in [0.1, 0.15) is 71.7 Å². The van der Waals surface area contributed by atoms with E-state index in [2.05, 4.69) is 68.3 Å². The molecule has 0 amide bonds. The van der Waals surface area contributed by atoms with Crippen LogP contribution in [0, 0.1) is 10.8 Å². The van der Waals surface area contributed by atoms with E-state index in [-0.39, 0.29) is 16.9 Å². The van der Waals surface area contributed by atoms with Gasteiger partial charge in [0.1, 0.15) is 11.5 Å². The Bertz CT molecular complexity index is 891. The molecule has 2 N–H and O–H groups in total. The average molecular weight is 422 g/mol. The Labute approximate surface area is 188 Å². The van der Waals surface area contributed by atoms with Gasteiger partial charge in [0.15, 0.2) is 0 Å². The average Bonchev–Trinajstić information content (AvgIpc) is 3.22. The molecule has 31 heavy (non-hydrogen) atoms. The molecule has 0 saturated heterocycles. The number of fused-ring (bicyclic) bond motifs is 2. The normalized spacial score (nSPS) is 22.6. The van der Waals surface area contributed by atoms with Crippen LogP contribution >= 0.6 is 0 Å². The third-order valence-electron chi connectivity index (χ3n) is 5.25. The Hall–Kier alpha value is -2.59. The molecule has 168 valence electrons. The maximum absolute atomic E-state index is 6.12. The number of ether oxygens (including phenoxy) is 1. The van der Waals surface area contributed by atoms with E-state index in [1.165, 1.54) is 0 Å². The lowest BCUT2D eigenvalue weighted by Crippen LogP contribution is -2.36. The molecule has 1 atom stereocenters. The van der Waals surface area contributed by atoms with E-state index in [0.29, 0.717) is 5.76 Å². The number of hydrogen-bond acceptors (Lipinski definition) is 3. The number of hydrogen-bond donors (Lipinski definition) is 2. The van der Waals surface area contributed by atoms with Crippen molar-refractivity contribution in [3.05, 3.63) is 84.7 Å². The minimum atomic E-state index is 0.0116. The number of nitrogens with one attached hydrogen (secondary N) is 2. The van der Waals surface area contributed by atoms with Gasteiger partial charge >= 0.3 is 0 Å². The van der Waals surface area contributed by atoms with Crippen LogP contribution in [0.2, 0.25) is 0 Å². The Morgan fingerprint density at radius 1 is 1.16 bits per heavy atom. The molecule has 4 nitrogen and oxygen atoms in total. The topological polar surface area (TPSA) is 49.9 Å². The molecular weight excluding hydrogens is 382 g/mol. The molecule has 2 heterocycles. The fraction of sp³-hybridized carbons (Fsp3) is 0.444. The molecule has 1 aromatic carbocycles. The fourth-order valence-corrected chi connectivity index (χ4v) is 4.52. The van der Waals surface area contributed by atoms with Crippen molar-refractivity contribution in [3.63, 3.8) is 0 Å². The molecule has 0 aliphatic carbocycles. The van der Waals surface area contributed by atoms with E-state index in [9.17, 15) is 0 Å². The standard InChI is InChI=1S/C25H33N3O.C2H6/c1-7-20-11-18(2)13-24(3,4)15-25(5,6)16-27-23(22-14-26-17-28-22)19-9-8-10-21(12-19)29-20;1-2/h7-12,14,17,23,27H,1-2,13,15-16H2,3-6H3,(H,26,28);1-2H3/b20-11+;. The smallest absolute Gasteiger partial charge is 0.127 e. The van der Waals surface area contributed by atoms with Crippen LogP contribution in [-0.2, 0) is 0 Å². The van der Waals surface area contributed by atoms with Crippen molar-refractivity contribution in [1.29, 1.82) is 0 Å². The first-order valence-electron chi connectivity index (χ1n) is 11.2. The number of allylic oxidation sites excluding steroid dienone is 3. The van der Waals surface area contributed by atoms with Crippen LogP contribution in [-0.4, -0.2) is 16.5 Å². The summed E-state index contributed by atoms with van der Waals surface area (Å²) in [6, 6.07) is 8.18. The Balaban J connectivity index is 0.00000166. The first-order valence-corrected chi connectivity index (χ1v) is 11.2. The van der Waals surface area contributed by atoms with E-state index in [1.54, 1.807) is 12.4 Å². The number of imidazole rings is 1. The fourth-order valence-electron chi connectivity index (χ4n) is 4.52. The molecule has 4 heteroatoms. The first kappa shape index (κ1) is 24.7. The zero-order valence-electron chi connectivity index (χ0n) is 20.1. The van der Waals surface area contributed by atoms with E-state index in [4.69, 9.17) is 4.74 Å². The van der Waals surface area contributed by atoms with Gasteiger partial charge in [-0.05, 0) is 53.5 Å². The maximum atomic E-state index is 6.12. The Morgan fingerprint density at radius 3 is 2.55 bits per heavy atom. The van der Waals surface area contributed by atoms with Gasteiger partial charge < -0.3 is 15.0 Å². The summed E-state index contributed by atoms with van der Waals surface area (Å²) in [7, 11) is 0. The minimum absolute atomic E-state index is 0.0116. The predicted octanol–water partition coefficient (Wildman–Crippen LogP) is 6.97. The van der Waals surface area contributed by atoms with Gasteiger partial charge in [-0.3, -0.25) is 0 Å². The van der Waals surface area contributed by atoms with Crippen molar-refractivity contribution in [2.75, 3.05) is 6.54 Å². The van der Waals surface area contributed by atoms with Crippen molar-refractivity contribution in [3.8, 4) is 5.75 Å². The van der Waals surface area contributed by atoms with Gasteiger partial charge in [0.2, 0.25) is 0 Å². The molecule has 3 rings (SSSR count). The third kappa shape index (κ3) is 7.25. The molecule has 1 aromatic heterocycles. The van der Waals surface area contributed by atoms with Gasteiger partial charge in [-0.1, -0.05) is 72.4 Å². The van der Waals surface area contributed by atoms with Crippen molar-refractivity contribution in [1.82, 2.24) is 15.3 Å². The Kier molecular flexibility index (Phi) is 8.46. The van der Waals surface area contributed by atoms with Crippen molar-refractivity contribution in [2.45, 2.75) is 60.4 Å². The highest BCUT2D eigenvalue weighted by molar-refractivity contribution is 5.37. The van der Waals surface area contributed by atoms with Crippen molar-refractivity contribution >= 4 is 0 Å². The highest BCUT2D eigenvalue weighted by Gasteiger charge is 2.30. The molecule has 1 unspecified atom stereocenters. The maximum Gasteiger partial charge on any atom is 0.127 e. The van der Waals surface area contributed by atoms with E-state index in [0.717, 1.165) is 42.0 Å². The van der Waals surface area contributed by atoms with Gasteiger partial charge in [-0.15, -0.1) is 0 Å². The summed E-state index contributed by atoms with van der Waals surface area (Å²) in [5.74, 6) is 1.49. The quantitative estimate of drug-likeness (QED) is 0.551. The van der Waals surface area contributed by atoms with Gasteiger partial charge in [0, 0.05) is 12.7 Å². The number of nitrogens with zero attached hydrogens (tertiary/aromatic N) is 1. The molecule has 1 aliphatic rings. The third-order valence-corrected chi connectivity index (χ3v) is 5.25. The molecule has 2 bridgehead atoms. The predicted molar refractivity (Wildman–Crippen MR) is 131 cm³/mol. The summed E-state index contributed by atoms with van der Waals surface area (Å²) in [5.41, 5.74) is 3.45. The monoisotopic (exact) mass is 421 g/mol. The van der Waals surface area contributed by atoms with Gasteiger partial charge in [-0.2, -0.15) is 0 Å². The summed E-state index contributed by atoms with van der Waals surface area (Å²) in [4.78, 5) is 7.49. The second kappa shape index (κ2) is 10.6. The second-order valence-electron chi connectivity index (χ2n) is 9.59. The number of rotatable bonds is 2. The van der Waals surface area contributed by atoms with E-state index < -0.39 is 0 Å². The van der Waals surface area contributed by atoms with Crippen LogP contribution in [0.15, 0.2) is 73.4 Å². The van der Waals surface area contributed by atoms with Crippen LogP contribution in [0.5, 0.6) is 5.75 Å². The van der Waals surface area contributed by atoms with Crippen LogP contribution in [0.4, 0.5) is 0 Å². The zero-order chi connectivity index (χ0) is 23.1. The van der Waals surface area contributed by atoms with E-state index in [1.807, 2.05) is 38.3 Å². The summed E-state index contributed by atoms with van der Waals surface area (Å²) in [6.07, 6.45) is 9.32. The zero-order valence-corrected chi connectivity index (χ0v) is 20.1. The molecule has 0 spiro atoms. The summed E-state index contributed by atoms with van der Waals surface area (Å²) < 4.78 is 6.12. The number of H-pyrrole nitrogens is 1.